The number of carbonyl (C=O) groups excluding carboxylic acids is 1. The molecule has 4 heterocycles. The lowest BCUT2D eigenvalue weighted by Gasteiger charge is -2.53. The predicted octanol–water partition coefficient (Wildman–Crippen LogP) is 3.88. The number of nitrogens with zero attached hydrogens (tertiary/aromatic N) is 2. The predicted molar refractivity (Wildman–Crippen MR) is 95.1 cm³/mol. The van der Waals surface area contributed by atoms with Crippen molar-refractivity contribution < 1.29 is 4.79 Å². The molecule has 0 unspecified atom stereocenters. The number of thiophene rings is 1. The Bertz CT molecular complexity index is 660. The first-order valence-corrected chi connectivity index (χ1v) is 9.35. The van der Waals surface area contributed by atoms with Crippen molar-refractivity contribution in [1.82, 2.24) is 4.90 Å². The minimum Gasteiger partial charge on any atom is -0.303 e. The highest BCUT2D eigenvalue weighted by Gasteiger charge is 2.45. The summed E-state index contributed by atoms with van der Waals surface area (Å²) in [5.74, 6) is 0.747. The Hall–Kier alpha value is -1.65. The van der Waals surface area contributed by atoms with Crippen molar-refractivity contribution in [2.24, 2.45) is 5.92 Å². The minimum atomic E-state index is 0.134. The lowest BCUT2D eigenvalue weighted by atomic mass is 9.78. The topological polar surface area (TPSA) is 23.6 Å². The summed E-state index contributed by atoms with van der Waals surface area (Å²) in [5, 5.41) is 4.16. The second kappa shape index (κ2) is 6.10. The summed E-state index contributed by atoms with van der Waals surface area (Å²) in [6, 6.07) is 12.5. The van der Waals surface area contributed by atoms with Gasteiger partial charge in [-0.15, -0.1) is 0 Å². The molecule has 4 heteroatoms. The number of anilines is 1. The zero-order chi connectivity index (χ0) is 15.8. The Labute approximate surface area is 141 Å². The van der Waals surface area contributed by atoms with Gasteiger partial charge in [-0.05, 0) is 62.4 Å². The van der Waals surface area contributed by atoms with Gasteiger partial charge in [-0.2, -0.15) is 11.3 Å². The van der Waals surface area contributed by atoms with Gasteiger partial charge in [0.25, 0.3) is 5.91 Å². The van der Waals surface area contributed by atoms with E-state index < -0.39 is 0 Å². The number of fused-ring (bicyclic) bond motifs is 3. The second-order valence-corrected chi connectivity index (χ2v) is 7.41. The zero-order valence-electron chi connectivity index (χ0n) is 13.4. The number of piperidine rings is 3. The van der Waals surface area contributed by atoms with Gasteiger partial charge in [0.1, 0.15) is 0 Å². The SMILES string of the molecule is C[C@@H]1[C@H](N(C(=O)c2ccccc2)c2ccsc2)C2CCN1CC2. The standard InChI is InChI=1S/C19H22N2OS/c1-14-18(15-7-10-20(14)11-8-15)21(17-9-12-23-13-17)19(22)16-5-3-2-4-6-16/h2-6,9,12-15,18H,7-8,10-11H2,1H3/t14-,18+/m1/s1. The van der Waals surface area contributed by atoms with Gasteiger partial charge in [0, 0.05) is 17.0 Å². The molecule has 0 N–H and O–H groups in total. The fourth-order valence-corrected chi connectivity index (χ4v) is 4.87. The molecule has 0 saturated carbocycles. The lowest BCUT2D eigenvalue weighted by molar-refractivity contribution is 0.0328. The lowest BCUT2D eigenvalue weighted by Crippen LogP contribution is -2.63. The Balaban J connectivity index is 1.73. The average Bonchev–Trinajstić information content (AvgIpc) is 3.13. The number of hydrogen-bond acceptors (Lipinski definition) is 3. The van der Waals surface area contributed by atoms with Crippen LogP contribution in [0.1, 0.15) is 30.1 Å². The summed E-state index contributed by atoms with van der Waals surface area (Å²) in [4.78, 5) is 17.9. The van der Waals surface area contributed by atoms with E-state index in [1.165, 1.54) is 25.9 Å². The van der Waals surface area contributed by atoms with Crippen molar-refractivity contribution in [3.63, 3.8) is 0 Å². The monoisotopic (exact) mass is 326 g/mol. The molecule has 0 spiro atoms. The number of hydrogen-bond donors (Lipinski definition) is 0. The maximum Gasteiger partial charge on any atom is 0.258 e. The molecule has 3 saturated heterocycles. The van der Waals surface area contributed by atoms with Gasteiger partial charge in [0.15, 0.2) is 0 Å². The van der Waals surface area contributed by atoms with Crippen LogP contribution in [0.4, 0.5) is 5.69 Å². The highest BCUT2D eigenvalue weighted by molar-refractivity contribution is 7.08. The van der Waals surface area contributed by atoms with E-state index in [0.717, 1.165) is 11.3 Å². The number of amides is 1. The summed E-state index contributed by atoms with van der Waals surface area (Å²) in [7, 11) is 0. The van der Waals surface area contributed by atoms with E-state index in [1.54, 1.807) is 11.3 Å². The van der Waals surface area contributed by atoms with Crippen molar-refractivity contribution >= 4 is 22.9 Å². The van der Waals surface area contributed by atoms with E-state index in [1.807, 2.05) is 30.3 Å². The Morgan fingerprint density at radius 2 is 1.91 bits per heavy atom. The maximum absolute atomic E-state index is 13.3. The molecular formula is C19H22N2OS. The van der Waals surface area contributed by atoms with Crippen molar-refractivity contribution in [3.05, 3.63) is 52.7 Å². The zero-order valence-corrected chi connectivity index (χ0v) is 14.2. The minimum absolute atomic E-state index is 0.134. The van der Waals surface area contributed by atoms with Crippen LogP contribution in [0, 0.1) is 5.92 Å². The molecule has 3 aliphatic rings. The molecule has 3 fully saturated rings. The molecule has 23 heavy (non-hydrogen) atoms. The normalized spacial score (nSPS) is 29.4. The number of benzene rings is 1. The van der Waals surface area contributed by atoms with E-state index in [-0.39, 0.29) is 11.9 Å². The quantitative estimate of drug-likeness (QED) is 0.854. The molecule has 1 aromatic carbocycles. The van der Waals surface area contributed by atoms with Gasteiger partial charge >= 0.3 is 0 Å². The molecule has 1 aromatic heterocycles. The van der Waals surface area contributed by atoms with Crippen LogP contribution in [0.5, 0.6) is 0 Å². The maximum atomic E-state index is 13.3. The molecule has 2 aromatic rings. The van der Waals surface area contributed by atoms with E-state index >= 15 is 0 Å². The first-order chi connectivity index (χ1) is 11.3. The molecule has 2 atom stereocenters. The van der Waals surface area contributed by atoms with Crippen molar-refractivity contribution in [2.75, 3.05) is 18.0 Å². The number of carbonyl (C=O) groups is 1. The largest absolute Gasteiger partial charge is 0.303 e. The first kappa shape index (κ1) is 14.9. The van der Waals surface area contributed by atoms with E-state index in [4.69, 9.17) is 0 Å². The van der Waals surface area contributed by atoms with Crippen LogP contribution in [0.3, 0.4) is 0 Å². The summed E-state index contributed by atoms with van der Waals surface area (Å²) >= 11 is 1.66. The molecule has 3 nitrogen and oxygen atoms in total. The molecule has 120 valence electrons. The van der Waals surface area contributed by atoms with E-state index in [2.05, 4.69) is 33.6 Å². The molecule has 0 radical (unpaired) electrons. The first-order valence-electron chi connectivity index (χ1n) is 8.40. The molecule has 3 aliphatic heterocycles. The van der Waals surface area contributed by atoms with Crippen LogP contribution in [0.15, 0.2) is 47.2 Å². The Morgan fingerprint density at radius 1 is 1.17 bits per heavy atom. The van der Waals surface area contributed by atoms with Gasteiger partial charge in [0.05, 0.1) is 11.7 Å². The van der Waals surface area contributed by atoms with Crippen molar-refractivity contribution in [3.8, 4) is 0 Å². The number of rotatable bonds is 3. The highest BCUT2D eigenvalue weighted by atomic mass is 32.1. The van der Waals surface area contributed by atoms with Crippen LogP contribution in [0.25, 0.3) is 0 Å². The Kier molecular flexibility index (Phi) is 3.95. The summed E-state index contributed by atoms with van der Waals surface area (Å²) in [6.45, 7) is 4.65. The average molecular weight is 326 g/mol. The van der Waals surface area contributed by atoms with Gasteiger partial charge in [-0.1, -0.05) is 18.2 Å². The third-order valence-corrected chi connectivity index (χ3v) is 6.12. The molecule has 0 aliphatic carbocycles. The Morgan fingerprint density at radius 3 is 2.52 bits per heavy atom. The van der Waals surface area contributed by atoms with Crippen LogP contribution >= 0.6 is 11.3 Å². The van der Waals surface area contributed by atoms with Gasteiger partial charge < -0.3 is 4.90 Å². The summed E-state index contributed by atoms with van der Waals surface area (Å²) in [5.41, 5.74) is 1.83. The van der Waals surface area contributed by atoms with Crippen LogP contribution < -0.4 is 4.90 Å². The van der Waals surface area contributed by atoms with Gasteiger partial charge in [0.2, 0.25) is 0 Å². The van der Waals surface area contributed by atoms with Crippen LogP contribution in [-0.2, 0) is 0 Å². The molecule has 1 amide bonds. The van der Waals surface area contributed by atoms with Crippen molar-refractivity contribution in [1.29, 1.82) is 0 Å². The highest BCUT2D eigenvalue weighted by Crippen LogP contribution is 2.38. The molecular weight excluding hydrogens is 304 g/mol. The second-order valence-electron chi connectivity index (χ2n) is 6.63. The van der Waals surface area contributed by atoms with Crippen LogP contribution in [0.2, 0.25) is 0 Å². The van der Waals surface area contributed by atoms with Crippen molar-refractivity contribution in [2.45, 2.75) is 31.8 Å². The third kappa shape index (κ3) is 2.60. The van der Waals surface area contributed by atoms with E-state index in [9.17, 15) is 4.79 Å². The van der Waals surface area contributed by atoms with Gasteiger partial charge in [-0.3, -0.25) is 9.69 Å². The molecule has 5 rings (SSSR count). The van der Waals surface area contributed by atoms with Gasteiger partial charge in [-0.25, -0.2) is 0 Å². The smallest absolute Gasteiger partial charge is 0.258 e. The summed E-state index contributed by atoms with van der Waals surface area (Å²) in [6.07, 6.45) is 2.41. The fourth-order valence-electron chi connectivity index (χ4n) is 4.24. The fraction of sp³-hybridized carbons (Fsp3) is 0.421. The van der Waals surface area contributed by atoms with E-state index in [0.29, 0.717) is 12.0 Å². The third-order valence-electron chi connectivity index (χ3n) is 5.45. The summed E-state index contributed by atoms with van der Waals surface area (Å²) < 4.78 is 0. The molecule has 2 bridgehead atoms. The van der Waals surface area contributed by atoms with Crippen LogP contribution in [-0.4, -0.2) is 36.0 Å².